The fourth-order valence-electron chi connectivity index (χ4n) is 2.18. The Morgan fingerprint density at radius 2 is 2.10 bits per heavy atom. The number of hydrogen-bond acceptors (Lipinski definition) is 7. The number of hydrogen-bond donors (Lipinski definition) is 0. The zero-order valence-electron chi connectivity index (χ0n) is 11.6. The quantitative estimate of drug-likeness (QED) is 0.405. The molecule has 2 heterocycles. The molecule has 2 saturated heterocycles. The first-order valence-corrected chi connectivity index (χ1v) is 6.29. The lowest BCUT2D eigenvalue weighted by molar-refractivity contribution is -0.214. The molecule has 7 heteroatoms. The molecule has 20 heavy (non-hydrogen) atoms. The van der Waals surface area contributed by atoms with Crippen LogP contribution in [0.1, 0.15) is 13.8 Å². The van der Waals surface area contributed by atoms with E-state index in [9.17, 15) is 9.59 Å². The highest BCUT2D eigenvalue weighted by Gasteiger charge is 2.55. The lowest BCUT2D eigenvalue weighted by atomic mass is 10.1. The molecule has 0 unspecified atom stereocenters. The molecule has 2 aliphatic rings. The maximum Gasteiger partial charge on any atom is 0.330 e. The standard InChI is InChI=1S/C13H18O7/c1-13(2)19-11-10(8(7-14)18-12(11)20-13)17-6-4-5-9(15)16-3/h4-5,7-8,10-12H,6H2,1-3H3/b5-4+/t8-,10+,11-,12-/m1/s1. The van der Waals surface area contributed by atoms with E-state index in [0.29, 0.717) is 6.29 Å². The van der Waals surface area contributed by atoms with Gasteiger partial charge < -0.3 is 28.5 Å². The van der Waals surface area contributed by atoms with Crippen LogP contribution in [0.5, 0.6) is 0 Å². The Morgan fingerprint density at radius 3 is 2.75 bits per heavy atom. The minimum atomic E-state index is -0.771. The summed E-state index contributed by atoms with van der Waals surface area (Å²) in [6, 6.07) is 0. The number of rotatable bonds is 5. The van der Waals surface area contributed by atoms with Gasteiger partial charge in [-0.3, -0.25) is 0 Å². The van der Waals surface area contributed by atoms with Gasteiger partial charge in [0.05, 0.1) is 13.7 Å². The monoisotopic (exact) mass is 286 g/mol. The van der Waals surface area contributed by atoms with Gasteiger partial charge in [0, 0.05) is 6.08 Å². The second-order valence-electron chi connectivity index (χ2n) is 4.93. The molecular formula is C13H18O7. The Balaban J connectivity index is 1.92. The second-order valence-corrected chi connectivity index (χ2v) is 4.93. The molecule has 0 N–H and O–H groups in total. The first-order chi connectivity index (χ1) is 9.46. The van der Waals surface area contributed by atoms with Crippen molar-refractivity contribution in [2.75, 3.05) is 13.7 Å². The number of aldehydes is 1. The molecule has 0 aliphatic carbocycles. The summed E-state index contributed by atoms with van der Waals surface area (Å²) < 4.78 is 26.6. The molecule has 0 bridgehead atoms. The topological polar surface area (TPSA) is 80.3 Å². The normalized spacial score (nSPS) is 35.1. The maximum absolute atomic E-state index is 11.0. The fraction of sp³-hybridized carbons (Fsp3) is 0.692. The third-order valence-electron chi connectivity index (χ3n) is 3.00. The van der Waals surface area contributed by atoms with Crippen LogP contribution >= 0.6 is 0 Å². The summed E-state index contributed by atoms with van der Waals surface area (Å²) in [7, 11) is 1.29. The molecule has 112 valence electrons. The van der Waals surface area contributed by atoms with Crippen molar-refractivity contribution >= 4 is 12.3 Å². The molecule has 7 nitrogen and oxygen atoms in total. The van der Waals surface area contributed by atoms with Crippen molar-refractivity contribution in [2.45, 2.75) is 44.2 Å². The Labute approximate surface area is 116 Å². The molecule has 4 atom stereocenters. The van der Waals surface area contributed by atoms with E-state index in [0.717, 1.165) is 0 Å². The van der Waals surface area contributed by atoms with E-state index in [1.807, 2.05) is 0 Å². The van der Waals surface area contributed by atoms with Crippen LogP contribution in [0, 0.1) is 0 Å². The van der Waals surface area contributed by atoms with Gasteiger partial charge in [-0.2, -0.15) is 0 Å². The van der Waals surface area contributed by atoms with Crippen LogP contribution in [0.25, 0.3) is 0 Å². The highest BCUT2D eigenvalue weighted by molar-refractivity contribution is 5.81. The second kappa shape index (κ2) is 6.01. The third-order valence-corrected chi connectivity index (χ3v) is 3.00. The first-order valence-electron chi connectivity index (χ1n) is 6.29. The van der Waals surface area contributed by atoms with Gasteiger partial charge in [-0.05, 0) is 13.8 Å². The Morgan fingerprint density at radius 1 is 1.35 bits per heavy atom. The van der Waals surface area contributed by atoms with Crippen LogP contribution in [0.3, 0.4) is 0 Å². The van der Waals surface area contributed by atoms with Gasteiger partial charge >= 0.3 is 5.97 Å². The van der Waals surface area contributed by atoms with Gasteiger partial charge in [0.1, 0.15) is 18.3 Å². The zero-order chi connectivity index (χ0) is 14.8. The van der Waals surface area contributed by atoms with E-state index in [2.05, 4.69) is 4.74 Å². The summed E-state index contributed by atoms with van der Waals surface area (Å²) >= 11 is 0. The van der Waals surface area contributed by atoms with Crippen molar-refractivity contribution in [3.8, 4) is 0 Å². The Kier molecular flexibility index (Phi) is 4.54. The SMILES string of the molecule is COC(=O)/C=C/CO[C@@H]1[C@H]2OC(C)(C)O[C@H]2O[C@@H]1C=O. The highest BCUT2D eigenvalue weighted by atomic mass is 16.8. The van der Waals surface area contributed by atoms with Crippen LogP contribution in [0.2, 0.25) is 0 Å². The van der Waals surface area contributed by atoms with Gasteiger partial charge in [-0.15, -0.1) is 0 Å². The average molecular weight is 286 g/mol. The smallest absolute Gasteiger partial charge is 0.330 e. The molecule has 0 amide bonds. The Hall–Kier alpha value is -1.28. The predicted octanol–water partition coefficient (Wildman–Crippen LogP) is 0.176. The Bertz CT molecular complexity index is 404. The lowest BCUT2D eigenvalue weighted by Gasteiger charge is -2.23. The van der Waals surface area contributed by atoms with Gasteiger partial charge in [0.15, 0.2) is 18.4 Å². The number of ether oxygens (including phenoxy) is 5. The zero-order valence-corrected chi connectivity index (χ0v) is 11.6. The van der Waals surface area contributed by atoms with Gasteiger partial charge in [-0.25, -0.2) is 4.79 Å². The summed E-state index contributed by atoms with van der Waals surface area (Å²) in [5, 5.41) is 0. The minimum Gasteiger partial charge on any atom is -0.466 e. The number of esters is 1. The number of carbonyl (C=O) groups excluding carboxylic acids is 2. The van der Waals surface area contributed by atoms with E-state index in [1.54, 1.807) is 13.8 Å². The van der Waals surface area contributed by atoms with Crippen LogP contribution in [0.15, 0.2) is 12.2 Å². The minimum absolute atomic E-state index is 0.139. The van der Waals surface area contributed by atoms with E-state index < -0.39 is 36.4 Å². The number of carbonyl (C=O) groups is 2. The van der Waals surface area contributed by atoms with E-state index in [1.165, 1.54) is 19.3 Å². The molecule has 2 fully saturated rings. The fourth-order valence-corrected chi connectivity index (χ4v) is 2.18. The molecule has 0 radical (unpaired) electrons. The molecule has 0 aromatic rings. The molecular weight excluding hydrogens is 268 g/mol. The van der Waals surface area contributed by atoms with Crippen molar-refractivity contribution in [3.05, 3.63) is 12.2 Å². The highest BCUT2D eigenvalue weighted by Crippen LogP contribution is 2.38. The third kappa shape index (κ3) is 3.24. The first kappa shape index (κ1) is 15.1. The molecule has 0 saturated carbocycles. The number of fused-ring (bicyclic) bond motifs is 1. The molecule has 2 aliphatic heterocycles. The summed E-state index contributed by atoms with van der Waals surface area (Å²) in [6.07, 6.45) is 1.02. The maximum atomic E-state index is 11.0. The van der Waals surface area contributed by atoms with Crippen LogP contribution in [-0.4, -0.2) is 56.4 Å². The van der Waals surface area contributed by atoms with Crippen molar-refractivity contribution in [3.63, 3.8) is 0 Å². The van der Waals surface area contributed by atoms with Gasteiger partial charge in [0.2, 0.25) is 0 Å². The molecule has 0 aromatic heterocycles. The van der Waals surface area contributed by atoms with Gasteiger partial charge in [-0.1, -0.05) is 6.08 Å². The van der Waals surface area contributed by atoms with Crippen molar-refractivity contribution in [2.24, 2.45) is 0 Å². The van der Waals surface area contributed by atoms with Crippen LogP contribution in [0.4, 0.5) is 0 Å². The van der Waals surface area contributed by atoms with E-state index >= 15 is 0 Å². The number of methoxy groups -OCH3 is 1. The van der Waals surface area contributed by atoms with Crippen LogP contribution < -0.4 is 0 Å². The van der Waals surface area contributed by atoms with E-state index in [-0.39, 0.29) is 6.61 Å². The van der Waals surface area contributed by atoms with Crippen molar-refractivity contribution < 1.29 is 33.3 Å². The molecule has 2 rings (SSSR count). The molecule has 0 aromatic carbocycles. The summed E-state index contributed by atoms with van der Waals surface area (Å²) in [5.74, 6) is -1.24. The van der Waals surface area contributed by atoms with Crippen molar-refractivity contribution in [1.82, 2.24) is 0 Å². The largest absolute Gasteiger partial charge is 0.466 e. The van der Waals surface area contributed by atoms with E-state index in [4.69, 9.17) is 18.9 Å². The lowest BCUT2D eigenvalue weighted by Crippen LogP contribution is -2.37. The average Bonchev–Trinajstić information content (AvgIpc) is 2.86. The molecule has 0 spiro atoms. The van der Waals surface area contributed by atoms with Crippen molar-refractivity contribution in [1.29, 1.82) is 0 Å². The van der Waals surface area contributed by atoms with Crippen LogP contribution in [-0.2, 0) is 33.3 Å². The predicted molar refractivity (Wildman–Crippen MR) is 65.7 cm³/mol. The summed E-state index contributed by atoms with van der Waals surface area (Å²) in [6.45, 7) is 3.66. The summed E-state index contributed by atoms with van der Waals surface area (Å²) in [5.41, 5.74) is 0. The summed E-state index contributed by atoms with van der Waals surface area (Å²) in [4.78, 5) is 21.9. The van der Waals surface area contributed by atoms with Gasteiger partial charge in [0.25, 0.3) is 0 Å².